The van der Waals surface area contributed by atoms with Crippen molar-refractivity contribution in [1.82, 2.24) is 5.32 Å². The molecule has 6 rings (SSSR count). The zero-order chi connectivity index (χ0) is 33.1. The second-order valence-electron chi connectivity index (χ2n) is 10.7. The van der Waals surface area contributed by atoms with E-state index in [1.54, 1.807) is 18.2 Å². The van der Waals surface area contributed by atoms with Crippen molar-refractivity contribution in [3.05, 3.63) is 95.3 Å². The molecule has 0 bridgehead atoms. The molecule has 0 atom stereocenters. The number of rotatable bonds is 7. The fourth-order valence-electron chi connectivity index (χ4n) is 5.62. The summed E-state index contributed by atoms with van der Waals surface area (Å²) in [7, 11) is 0.340. The van der Waals surface area contributed by atoms with Gasteiger partial charge >= 0.3 is 0 Å². The third-order valence-electron chi connectivity index (χ3n) is 7.84. The molecule has 0 saturated heterocycles. The molecule has 0 spiro atoms. The fraction of sp³-hybridized carbons (Fsp3) is 0.152. The first-order valence-electron chi connectivity index (χ1n) is 13.8. The van der Waals surface area contributed by atoms with Crippen LogP contribution in [0.3, 0.4) is 0 Å². The van der Waals surface area contributed by atoms with E-state index in [0.29, 0.717) is 33.7 Å². The highest BCUT2D eigenvalue weighted by Crippen LogP contribution is 2.47. The highest BCUT2D eigenvalue weighted by Gasteiger charge is 2.34. The van der Waals surface area contributed by atoms with E-state index in [0.717, 1.165) is 22.7 Å². The lowest BCUT2D eigenvalue weighted by Gasteiger charge is -2.23. The van der Waals surface area contributed by atoms with Crippen molar-refractivity contribution in [3.8, 4) is 28.2 Å². The maximum absolute atomic E-state index is 14.2. The molecule has 2 amide bonds. The van der Waals surface area contributed by atoms with Crippen molar-refractivity contribution in [3.63, 3.8) is 0 Å². The van der Waals surface area contributed by atoms with Crippen LogP contribution in [0.2, 0.25) is 0 Å². The number of halogens is 3. The predicted molar refractivity (Wildman–Crippen MR) is 167 cm³/mol. The van der Waals surface area contributed by atoms with Gasteiger partial charge in [-0.3, -0.25) is 18.8 Å². The number of hydrogen-bond acceptors (Lipinski definition) is 6. The number of hydrogen-bond donors (Lipinski definition) is 1. The van der Waals surface area contributed by atoms with Crippen LogP contribution >= 0.6 is 0 Å². The summed E-state index contributed by atoms with van der Waals surface area (Å²) < 4.78 is 80.6. The normalized spacial score (nSPS) is 12.8. The maximum Gasteiger partial charge on any atom is 0.255 e. The third kappa shape index (κ3) is 5.21. The van der Waals surface area contributed by atoms with Crippen molar-refractivity contribution < 1.29 is 40.3 Å². The van der Waals surface area contributed by atoms with Crippen LogP contribution in [0.4, 0.5) is 30.2 Å². The average Bonchev–Trinajstić information content (AvgIpc) is 3.55. The molecule has 13 heteroatoms. The summed E-state index contributed by atoms with van der Waals surface area (Å²) in [5.74, 6) is -2.79. The molecule has 1 aliphatic rings. The fourth-order valence-corrected chi connectivity index (χ4v) is 6.13. The van der Waals surface area contributed by atoms with Crippen LogP contribution in [0.25, 0.3) is 33.4 Å². The van der Waals surface area contributed by atoms with Crippen LogP contribution in [0.5, 0.6) is 5.75 Å². The van der Waals surface area contributed by atoms with Crippen LogP contribution in [-0.2, 0) is 21.2 Å². The minimum Gasteiger partial charge on any atom is -0.496 e. The molecular weight excluding hydrogens is 623 g/mol. The molecule has 9 nitrogen and oxygen atoms in total. The summed E-state index contributed by atoms with van der Waals surface area (Å²) in [5, 5.41) is 2.91. The van der Waals surface area contributed by atoms with Crippen LogP contribution in [-0.4, -0.2) is 47.7 Å². The Labute approximate surface area is 261 Å². The molecule has 236 valence electrons. The van der Waals surface area contributed by atoms with Crippen LogP contribution in [0.1, 0.15) is 15.9 Å². The van der Waals surface area contributed by atoms with E-state index >= 15 is 0 Å². The molecule has 46 heavy (non-hydrogen) atoms. The number of anilines is 3. The first kappa shape index (κ1) is 30.7. The molecule has 1 N–H and O–H groups in total. The number of ether oxygens (including phenoxy) is 1. The zero-order valence-electron chi connectivity index (χ0n) is 24.9. The molecule has 0 aliphatic carbocycles. The van der Waals surface area contributed by atoms with E-state index in [2.05, 4.69) is 5.32 Å². The summed E-state index contributed by atoms with van der Waals surface area (Å²) in [5.41, 5.74) is 2.25. The predicted octanol–water partition coefficient (Wildman–Crippen LogP) is 6.17. The van der Waals surface area contributed by atoms with E-state index in [1.807, 2.05) is 0 Å². The van der Waals surface area contributed by atoms with Gasteiger partial charge in [-0.1, -0.05) is 0 Å². The summed E-state index contributed by atoms with van der Waals surface area (Å²) in [4.78, 5) is 27.6. The van der Waals surface area contributed by atoms with Gasteiger partial charge in [-0.05, 0) is 60.2 Å². The zero-order valence-corrected chi connectivity index (χ0v) is 25.8. The van der Waals surface area contributed by atoms with Crippen molar-refractivity contribution in [2.24, 2.45) is 0 Å². The van der Waals surface area contributed by atoms with Crippen LogP contribution in [0.15, 0.2) is 71.1 Å². The smallest absolute Gasteiger partial charge is 0.255 e. The molecule has 2 heterocycles. The summed E-state index contributed by atoms with van der Waals surface area (Å²) >= 11 is 0. The highest BCUT2D eigenvalue weighted by molar-refractivity contribution is 7.92. The number of carbonyl (C=O) groups excluding carboxylic acids is 2. The molecule has 0 unspecified atom stereocenters. The lowest BCUT2D eigenvalue weighted by molar-refractivity contribution is -0.116. The second kappa shape index (κ2) is 11.2. The molecular formula is C33H26F3N3O6S. The van der Waals surface area contributed by atoms with Gasteiger partial charge in [0.05, 0.1) is 42.4 Å². The first-order valence-corrected chi connectivity index (χ1v) is 15.7. The Hall–Kier alpha value is -5.30. The Balaban J connectivity index is 1.66. The second-order valence-corrected chi connectivity index (χ2v) is 12.7. The van der Waals surface area contributed by atoms with Gasteiger partial charge in [0.2, 0.25) is 15.9 Å². The van der Waals surface area contributed by atoms with Crippen molar-refractivity contribution in [2.75, 3.05) is 36.7 Å². The number of amides is 2. The van der Waals surface area contributed by atoms with Gasteiger partial charge in [0, 0.05) is 48.3 Å². The number of nitrogens with one attached hydrogen (secondary N) is 1. The summed E-state index contributed by atoms with van der Waals surface area (Å²) in [6, 6.07) is 14.4. The number of sulfonamides is 1. The number of fused-ring (bicyclic) bond motifs is 2. The Kier molecular flexibility index (Phi) is 7.51. The SMILES string of the molecule is CNC(=O)c1c(-c2ccc(F)cc2)oc2cc(N(C)S(C)(=O)=O)c(-c3cc(OC)c4c(c3)N(c3cc(F)cc(F)c3)C(=O)C4)cc12. The maximum atomic E-state index is 14.2. The number of benzene rings is 4. The van der Waals surface area contributed by atoms with Gasteiger partial charge in [-0.25, -0.2) is 21.6 Å². The standard InChI is InChI=1S/C33H26F3N3O6S/c1-37-33(41)31-25-14-23(26(38(2)46(4,42)43)16-29(25)45-32(31)17-5-7-19(34)8-6-17)18-9-27-24(28(10-18)44-3)15-30(40)39(27)22-12-20(35)11-21(36)13-22/h5-14,16H,15H2,1-4H3,(H,37,41). The molecule has 1 aliphatic heterocycles. The minimum absolute atomic E-state index is 0.0370. The van der Waals surface area contributed by atoms with E-state index in [4.69, 9.17) is 9.15 Å². The lowest BCUT2D eigenvalue weighted by Crippen LogP contribution is -2.25. The number of nitrogens with zero attached hydrogens (tertiary/aromatic N) is 2. The monoisotopic (exact) mass is 649 g/mol. The lowest BCUT2D eigenvalue weighted by atomic mass is 9.96. The molecule has 5 aromatic rings. The molecule has 0 fully saturated rings. The minimum atomic E-state index is -3.84. The van der Waals surface area contributed by atoms with E-state index in [1.165, 1.54) is 56.4 Å². The summed E-state index contributed by atoms with van der Waals surface area (Å²) in [6.07, 6.45) is 0.904. The van der Waals surface area contributed by atoms with Gasteiger partial charge in [-0.2, -0.15) is 0 Å². The van der Waals surface area contributed by atoms with Crippen LogP contribution < -0.4 is 19.3 Å². The number of carbonyl (C=O) groups is 2. The van der Waals surface area contributed by atoms with Gasteiger partial charge in [0.1, 0.15) is 34.5 Å². The van der Waals surface area contributed by atoms with Gasteiger partial charge < -0.3 is 14.5 Å². The quantitative estimate of drug-likeness (QED) is 0.226. The van der Waals surface area contributed by atoms with Gasteiger partial charge in [0.25, 0.3) is 5.91 Å². The number of methoxy groups -OCH3 is 1. The van der Waals surface area contributed by atoms with E-state index in [-0.39, 0.29) is 46.1 Å². The van der Waals surface area contributed by atoms with Gasteiger partial charge in [-0.15, -0.1) is 0 Å². The van der Waals surface area contributed by atoms with Crippen molar-refractivity contribution in [2.45, 2.75) is 6.42 Å². The number of furan rings is 1. The Morgan fingerprint density at radius 2 is 1.63 bits per heavy atom. The van der Waals surface area contributed by atoms with Crippen molar-refractivity contribution in [1.29, 1.82) is 0 Å². The van der Waals surface area contributed by atoms with E-state index < -0.39 is 39.3 Å². The largest absolute Gasteiger partial charge is 0.496 e. The average molecular weight is 650 g/mol. The molecule has 1 aromatic heterocycles. The molecule has 4 aromatic carbocycles. The Bertz CT molecular complexity index is 2160. The van der Waals surface area contributed by atoms with Crippen LogP contribution in [0, 0.1) is 17.5 Å². The van der Waals surface area contributed by atoms with Gasteiger partial charge in [0.15, 0.2) is 0 Å². The third-order valence-corrected chi connectivity index (χ3v) is 9.04. The van der Waals surface area contributed by atoms with E-state index in [9.17, 15) is 31.2 Å². The van der Waals surface area contributed by atoms with Crippen molar-refractivity contribution >= 4 is 49.9 Å². The first-order chi connectivity index (χ1) is 21.8. The Morgan fingerprint density at radius 3 is 2.24 bits per heavy atom. The summed E-state index contributed by atoms with van der Waals surface area (Å²) in [6.45, 7) is 0. The molecule has 0 saturated carbocycles. The molecule has 0 radical (unpaired) electrons. The highest BCUT2D eigenvalue weighted by atomic mass is 32.2. The Morgan fingerprint density at radius 1 is 0.957 bits per heavy atom. The topological polar surface area (TPSA) is 109 Å².